The number of amides is 1. The molecule has 0 aliphatic rings. The van der Waals surface area contributed by atoms with Crippen LogP contribution in [-0.4, -0.2) is 33.3 Å². The number of nitrogens with one attached hydrogen (secondary N) is 1. The van der Waals surface area contributed by atoms with Gasteiger partial charge in [-0.3, -0.25) is 9.48 Å². The first-order chi connectivity index (χ1) is 8.36. The SMILES string of the molecule is CC(C)[C@H](Cn1nc(C=O)c(Cl)c1Br)NC(=O)O. The van der Waals surface area contributed by atoms with Crippen molar-refractivity contribution in [1.29, 1.82) is 0 Å². The van der Waals surface area contributed by atoms with Crippen molar-refractivity contribution in [3.8, 4) is 0 Å². The lowest BCUT2D eigenvalue weighted by Crippen LogP contribution is -2.41. The number of carboxylic acid groups (broad SMARTS) is 1. The molecule has 6 nitrogen and oxygen atoms in total. The fourth-order valence-corrected chi connectivity index (χ4v) is 2.01. The van der Waals surface area contributed by atoms with E-state index in [0.29, 0.717) is 10.9 Å². The van der Waals surface area contributed by atoms with E-state index >= 15 is 0 Å². The number of halogens is 2. The van der Waals surface area contributed by atoms with Crippen molar-refractivity contribution in [1.82, 2.24) is 15.1 Å². The smallest absolute Gasteiger partial charge is 0.404 e. The minimum absolute atomic E-state index is 0.0793. The van der Waals surface area contributed by atoms with E-state index in [0.717, 1.165) is 0 Å². The van der Waals surface area contributed by atoms with Gasteiger partial charge in [-0.15, -0.1) is 0 Å². The standard InChI is InChI=1S/C10H13BrClN3O3/c1-5(2)6(13-10(17)18)3-15-9(11)8(12)7(4-16)14-15/h4-6,13H,3H2,1-2H3,(H,17,18)/t6-/m0/s1. The van der Waals surface area contributed by atoms with Crippen molar-refractivity contribution in [2.45, 2.75) is 26.4 Å². The van der Waals surface area contributed by atoms with Crippen molar-refractivity contribution in [2.24, 2.45) is 5.92 Å². The van der Waals surface area contributed by atoms with E-state index in [9.17, 15) is 9.59 Å². The zero-order valence-electron chi connectivity index (χ0n) is 9.85. The summed E-state index contributed by atoms with van der Waals surface area (Å²) < 4.78 is 1.93. The Morgan fingerprint density at radius 2 is 2.28 bits per heavy atom. The maximum atomic E-state index is 10.7. The van der Waals surface area contributed by atoms with E-state index in [1.54, 1.807) is 0 Å². The molecule has 1 aromatic heterocycles. The van der Waals surface area contributed by atoms with Gasteiger partial charge in [0.2, 0.25) is 0 Å². The van der Waals surface area contributed by atoms with E-state index < -0.39 is 6.09 Å². The molecule has 0 bridgehead atoms. The Balaban J connectivity index is 2.93. The summed E-state index contributed by atoms with van der Waals surface area (Å²) in [7, 11) is 0. The molecule has 0 radical (unpaired) electrons. The van der Waals surface area contributed by atoms with E-state index in [-0.39, 0.29) is 29.2 Å². The molecule has 100 valence electrons. The molecule has 8 heteroatoms. The predicted octanol–water partition coefficient (Wildman–Crippen LogP) is 2.40. The number of aldehydes is 1. The molecule has 1 rings (SSSR count). The van der Waals surface area contributed by atoms with Gasteiger partial charge >= 0.3 is 6.09 Å². The third-order valence-electron chi connectivity index (χ3n) is 2.46. The summed E-state index contributed by atoms with van der Waals surface area (Å²) in [6.45, 7) is 4.07. The summed E-state index contributed by atoms with van der Waals surface area (Å²) in [6.07, 6.45) is -0.544. The van der Waals surface area contributed by atoms with Gasteiger partial charge in [0, 0.05) is 0 Å². The van der Waals surface area contributed by atoms with Crippen LogP contribution in [0.1, 0.15) is 24.3 Å². The van der Waals surface area contributed by atoms with Gasteiger partial charge in [-0.1, -0.05) is 25.4 Å². The van der Waals surface area contributed by atoms with Gasteiger partial charge in [0.25, 0.3) is 0 Å². The van der Waals surface area contributed by atoms with Crippen LogP contribution in [0.2, 0.25) is 5.02 Å². The molecule has 1 atom stereocenters. The Hall–Kier alpha value is -1.08. The molecule has 0 saturated carbocycles. The Morgan fingerprint density at radius 1 is 1.67 bits per heavy atom. The first-order valence-corrected chi connectivity index (χ1v) is 6.40. The zero-order valence-corrected chi connectivity index (χ0v) is 12.2. The van der Waals surface area contributed by atoms with Crippen LogP contribution in [0.15, 0.2) is 4.60 Å². The second-order valence-electron chi connectivity index (χ2n) is 4.09. The number of hydrogen-bond donors (Lipinski definition) is 2. The highest BCUT2D eigenvalue weighted by molar-refractivity contribution is 9.10. The molecule has 0 saturated heterocycles. The minimum atomic E-state index is -1.10. The molecule has 0 aliphatic carbocycles. The Labute approximate surface area is 117 Å². The Morgan fingerprint density at radius 3 is 2.67 bits per heavy atom. The second kappa shape index (κ2) is 6.19. The van der Waals surface area contributed by atoms with Crippen molar-refractivity contribution in [3.63, 3.8) is 0 Å². The quantitative estimate of drug-likeness (QED) is 0.807. The fraction of sp³-hybridized carbons (Fsp3) is 0.500. The summed E-state index contributed by atoms with van der Waals surface area (Å²) in [5, 5.41) is 15.4. The van der Waals surface area contributed by atoms with Gasteiger partial charge < -0.3 is 10.4 Å². The number of rotatable bonds is 5. The number of aromatic nitrogens is 2. The third kappa shape index (κ3) is 3.46. The molecule has 0 aromatic carbocycles. The van der Waals surface area contributed by atoms with E-state index in [1.165, 1.54) is 4.68 Å². The lowest BCUT2D eigenvalue weighted by molar-refractivity contribution is 0.111. The molecule has 18 heavy (non-hydrogen) atoms. The number of nitrogens with zero attached hydrogens (tertiary/aromatic N) is 2. The van der Waals surface area contributed by atoms with Crippen LogP contribution < -0.4 is 5.32 Å². The number of hydrogen-bond acceptors (Lipinski definition) is 3. The molecule has 2 N–H and O–H groups in total. The van der Waals surface area contributed by atoms with Gasteiger partial charge in [-0.05, 0) is 21.8 Å². The maximum Gasteiger partial charge on any atom is 0.404 e. The maximum absolute atomic E-state index is 10.7. The predicted molar refractivity (Wildman–Crippen MR) is 70.1 cm³/mol. The largest absolute Gasteiger partial charge is 0.465 e. The summed E-state index contributed by atoms with van der Waals surface area (Å²) >= 11 is 9.10. The normalized spacial score (nSPS) is 12.5. The van der Waals surface area contributed by atoms with Gasteiger partial charge in [0.1, 0.15) is 15.3 Å². The van der Waals surface area contributed by atoms with Gasteiger partial charge in [0.15, 0.2) is 6.29 Å². The van der Waals surface area contributed by atoms with Crippen molar-refractivity contribution in [2.75, 3.05) is 0 Å². The summed E-state index contributed by atoms with van der Waals surface area (Å²) in [4.78, 5) is 21.4. The highest BCUT2D eigenvalue weighted by Crippen LogP contribution is 2.25. The van der Waals surface area contributed by atoms with Gasteiger partial charge in [-0.2, -0.15) is 5.10 Å². The Kier molecular flexibility index (Phi) is 5.15. The van der Waals surface area contributed by atoms with Crippen LogP contribution in [0.3, 0.4) is 0 Å². The lowest BCUT2D eigenvalue weighted by atomic mass is 10.1. The molecule has 0 unspecified atom stereocenters. The van der Waals surface area contributed by atoms with E-state index in [1.807, 2.05) is 13.8 Å². The van der Waals surface area contributed by atoms with Crippen molar-refractivity contribution < 1.29 is 14.7 Å². The third-order valence-corrected chi connectivity index (χ3v) is 3.86. The second-order valence-corrected chi connectivity index (χ2v) is 5.22. The summed E-state index contributed by atoms with van der Waals surface area (Å²) in [5.41, 5.74) is 0.126. The highest BCUT2D eigenvalue weighted by Gasteiger charge is 2.20. The molecule has 0 spiro atoms. The zero-order chi connectivity index (χ0) is 13.9. The molecular formula is C10H13BrClN3O3. The van der Waals surface area contributed by atoms with Crippen LogP contribution in [0.4, 0.5) is 4.79 Å². The molecular weight excluding hydrogens is 325 g/mol. The molecule has 1 heterocycles. The van der Waals surface area contributed by atoms with Gasteiger partial charge in [0.05, 0.1) is 12.6 Å². The minimum Gasteiger partial charge on any atom is -0.465 e. The average Bonchev–Trinajstić information content (AvgIpc) is 2.55. The highest BCUT2D eigenvalue weighted by atomic mass is 79.9. The molecule has 0 fully saturated rings. The molecule has 1 amide bonds. The van der Waals surface area contributed by atoms with E-state index in [2.05, 4.69) is 26.3 Å². The summed E-state index contributed by atoms with van der Waals surface area (Å²) in [6, 6.07) is -0.325. The Bertz CT molecular complexity index is 461. The monoisotopic (exact) mass is 337 g/mol. The van der Waals surface area contributed by atoms with Crippen LogP contribution in [0.5, 0.6) is 0 Å². The van der Waals surface area contributed by atoms with Crippen molar-refractivity contribution in [3.05, 3.63) is 15.3 Å². The van der Waals surface area contributed by atoms with Crippen molar-refractivity contribution >= 4 is 39.9 Å². The first kappa shape index (κ1) is 15.0. The van der Waals surface area contributed by atoms with E-state index in [4.69, 9.17) is 16.7 Å². The first-order valence-electron chi connectivity index (χ1n) is 5.23. The van der Waals surface area contributed by atoms with Crippen LogP contribution in [-0.2, 0) is 6.54 Å². The average molecular weight is 339 g/mol. The topological polar surface area (TPSA) is 84.2 Å². The summed E-state index contributed by atoms with van der Waals surface area (Å²) in [5.74, 6) is 0.0793. The number of carbonyl (C=O) groups is 2. The van der Waals surface area contributed by atoms with Crippen LogP contribution in [0.25, 0.3) is 0 Å². The molecule has 1 aromatic rings. The van der Waals surface area contributed by atoms with Gasteiger partial charge in [-0.25, -0.2) is 4.79 Å². The van der Waals surface area contributed by atoms with Crippen LogP contribution in [0, 0.1) is 5.92 Å². The lowest BCUT2D eigenvalue weighted by Gasteiger charge is -2.21. The van der Waals surface area contributed by atoms with Crippen LogP contribution >= 0.6 is 27.5 Å². The fourth-order valence-electron chi connectivity index (χ4n) is 1.40. The molecule has 0 aliphatic heterocycles. The number of carbonyl (C=O) groups excluding carboxylic acids is 1.